The number of nitrogens with one attached hydrogen (secondary N) is 1. The number of esters is 1. The molecule has 0 aliphatic heterocycles. The number of carbonyl (C=O) groups is 1. The van der Waals surface area contributed by atoms with Crippen LogP contribution in [-0.4, -0.2) is 30.3 Å². The van der Waals surface area contributed by atoms with Crippen LogP contribution in [-0.2, 0) is 27.7 Å². The summed E-state index contributed by atoms with van der Waals surface area (Å²) >= 11 is 0. The van der Waals surface area contributed by atoms with Crippen molar-refractivity contribution < 1.29 is 18.8 Å². The zero-order valence-corrected chi connectivity index (χ0v) is 10.7. The molecule has 0 fully saturated rings. The number of nitrogens with zero attached hydrogens (tertiary/aromatic N) is 1. The molecule has 1 atom stereocenters. The molecular weight excluding hydrogens is 220 g/mol. The van der Waals surface area contributed by atoms with Crippen molar-refractivity contribution >= 4 is 5.97 Å². The highest BCUT2D eigenvalue weighted by Crippen LogP contribution is 1.96. The van der Waals surface area contributed by atoms with Crippen molar-refractivity contribution in [3.63, 3.8) is 0 Å². The van der Waals surface area contributed by atoms with E-state index in [1.807, 2.05) is 24.7 Å². The molecule has 5 nitrogen and oxygen atoms in total. The van der Waals surface area contributed by atoms with Crippen LogP contribution >= 0.6 is 0 Å². The SMILES string of the molecule is CCC(C)OCCOC(=O)Cc1[nH]cc[n+]1C. The van der Waals surface area contributed by atoms with Gasteiger partial charge in [-0.3, -0.25) is 4.79 Å². The number of aromatic amines is 1. The number of hydrogen-bond acceptors (Lipinski definition) is 3. The minimum absolute atomic E-state index is 0.218. The molecule has 0 spiro atoms. The summed E-state index contributed by atoms with van der Waals surface area (Å²) in [6, 6.07) is 0. The van der Waals surface area contributed by atoms with Gasteiger partial charge in [0.05, 0.1) is 19.8 Å². The highest BCUT2D eigenvalue weighted by Gasteiger charge is 2.13. The molecule has 0 saturated carbocycles. The van der Waals surface area contributed by atoms with Crippen LogP contribution in [0.3, 0.4) is 0 Å². The van der Waals surface area contributed by atoms with E-state index in [2.05, 4.69) is 11.9 Å². The average Bonchev–Trinajstić information content (AvgIpc) is 2.70. The smallest absolute Gasteiger partial charge is 0.318 e. The van der Waals surface area contributed by atoms with Crippen molar-refractivity contribution in [2.24, 2.45) is 7.05 Å². The van der Waals surface area contributed by atoms with Gasteiger partial charge in [0.25, 0.3) is 5.82 Å². The van der Waals surface area contributed by atoms with Crippen LogP contribution in [0, 0.1) is 0 Å². The molecule has 0 amide bonds. The summed E-state index contributed by atoms with van der Waals surface area (Å²) < 4.78 is 12.3. The molecule has 1 rings (SSSR count). The summed E-state index contributed by atoms with van der Waals surface area (Å²) in [7, 11) is 1.88. The zero-order valence-electron chi connectivity index (χ0n) is 10.7. The number of ether oxygens (including phenoxy) is 2. The van der Waals surface area contributed by atoms with E-state index in [1.54, 1.807) is 6.20 Å². The Morgan fingerprint density at radius 2 is 2.29 bits per heavy atom. The van der Waals surface area contributed by atoms with Crippen LogP contribution in [0.25, 0.3) is 0 Å². The van der Waals surface area contributed by atoms with Crippen LogP contribution in [0.15, 0.2) is 12.4 Å². The van der Waals surface area contributed by atoms with Gasteiger partial charge in [0.2, 0.25) is 0 Å². The van der Waals surface area contributed by atoms with Crippen LogP contribution in [0.2, 0.25) is 0 Å². The first-order valence-corrected chi connectivity index (χ1v) is 5.92. The number of rotatable bonds is 7. The second kappa shape index (κ2) is 7.06. The van der Waals surface area contributed by atoms with E-state index in [-0.39, 0.29) is 18.5 Å². The van der Waals surface area contributed by atoms with Gasteiger partial charge in [-0.15, -0.1) is 0 Å². The maximum Gasteiger partial charge on any atom is 0.318 e. The molecule has 0 aromatic carbocycles. The molecule has 0 bridgehead atoms. The fourth-order valence-corrected chi connectivity index (χ4v) is 1.32. The second-order valence-corrected chi connectivity index (χ2v) is 4.00. The maximum absolute atomic E-state index is 11.5. The van der Waals surface area contributed by atoms with Gasteiger partial charge in [0.15, 0.2) is 0 Å². The van der Waals surface area contributed by atoms with Gasteiger partial charge in [0, 0.05) is 0 Å². The lowest BCUT2D eigenvalue weighted by Gasteiger charge is -2.10. The lowest BCUT2D eigenvalue weighted by molar-refractivity contribution is -0.677. The quantitative estimate of drug-likeness (QED) is 0.435. The van der Waals surface area contributed by atoms with Crippen molar-refractivity contribution in [2.45, 2.75) is 32.8 Å². The van der Waals surface area contributed by atoms with Gasteiger partial charge in [0.1, 0.15) is 25.4 Å². The third kappa shape index (κ3) is 4.99. The van der Waals surface area contributed by atoms with E-state index in [9.17, 15) is 4.79 Å². The molecule has 0 saturated heterocycles. The molecule has 17 heavy (non-hydrogen) atoms. The summed E-state index contributed by atoms with van der Waals surface area (Å²) in [6.07, 6.45) is 5.08. The Morgan fingerprint density at radius 3 is 2.88 bits per heavy atom. The predicted octanol–water partition coefficient (Wildman–Crippen LogP) is 0.740. The number of hydrogen-bond donors (Lipinski definition) is 1. The number of aromatic nitrogens is 2. The fraction of sp³-hybridized carbons (Fsp3) is 0.667. The topological polar surface area (TPSA) is 55.2 Å². The molecule has 1 unspecified atom stereocenters. The largest absolute Gasteiger partial charge is 0.463 e. The monoisotopic (exact) mass is 241 g/mol. The van der Waals surface area contributed by atoms with Crippen LogP contribution in [0.1, 0.15) is 26.1 Å². The van der Waals surface area contributed by atoms with Crippen molar-refractivity contribution in [3.05, 3.63) is 18.2 Å². The first kappa shape index (κ1) is 13.7. The first-order chi connectivity index (χ1) is 8.13. The third-order valence-corrected chi connectivity index (χ3v) is 2.61. The summed E-state index contributed by atoms with van der Waals surface area (Å²) in [5.41, 5.74) is 0. The Balaban J connectivity index is 2.16. The Hall–Kier alpha value is -1.36. The van der Waals surface area contributed by atoms with E-state index in [0.717, 1.165) is 12.2 Å². The van der Waals surface area contributed by atoms with Gasteiger partial charge in [-0.2, -0.15) is 0 Å². The highest BCUT2D eigenvalue weighted by atomic mass is 16.6. The summed E-state index contributed by atoms with van der Waals surface area (Å²) in [5, 5.41) is 0. The first-order valence-electron chi connectivity index (χ1n) is 5.92. The Bertz CT molecular complexity index is 349. The van der Waals surface area contributed by atoms with E-state index in [1.165, 1.54) is 0 Å². The summed E-state index contributed by atoms with van der Waals surface area (Å²) in [4.78, 5) is 14.5. The lowest BCUT2D eigenvalue weighted by Crippen LogP contribution is -2.32. The van der Waals surface area contributed by atoms with E-state index < -0.39 is 0 Å². The van der Waals surface area contributed by atoms with E-state index in [0.29, 0.717) is 13.2 Å². The Morgan fingerprint density at radius 1 is 1.53 bits per heavy atom. The van der Waals surface area contributed by atoms with Gasteiger partial charge >= 0.3 is 5.97 Å². The third-order valence-electron chi connectivity index (χ3n) is 2.61. The molecule has 1 heterocycles. The normalized spacial score (nSPS) is 12.4. The average molecular weight is 241 g/mol. The Labute approximate surface area is 102 Å². The van der Waals surface area contributed by atoms with Crippen molar-refractivity contribution in [1.29, 1.82) is 0 Å². The fourth-order valence-electron chi connectivity index (χ4n) is 1.32. The van der Waals surface area contributed by atoms with Gasteiger partial charge in [-0.25, -0.2) is 9.55 Å². The van der Waals surface area contributed by atoms with Crippen molar-refractivity contribution in [1.82, 2.24) is 4.98 Å². The Kier molecular flexibility index (Phi) is 5.69. The minimum atomic E-state index is -0.240. The number of carbonyl (C=O) groups excluding carboxylic acids is 1. The van der Waals surface area contributed by atoms with Crippen LogP contribution < -0.4 is 4.57 Å². The lowest BCUT2D eigenvalue weighted by atomic mass is 10.3. The van der Waals surface area contributed by atoms with E-state index in [4.69, 9.17) is 9.47 Å². The number of aryl methyl sites for hydroxylation is 1. The molecule has 96 valence electrons. The molecular formula is C12H21N2O3+. The summed E-state index contributed by atoms with van der Waals surface area (Å²) in [6.45, 7) is 4.83. The standard InChI is InChI=1S/C12H20N2O3/c1-4-10(2)16-7-8-17-12(15)9-11-13-5-6-14(11)3/h5-6,10H,4,7-9H2,1-3H3/p+1. The van der Waals surface area contributed by atoms with E-state index >= 15 is 0 Å². The number of imidazole rings is 1. The molecule has 5 heteroatoms. The molecule has 1 aromatic rings. The second-order valence-electron chi connectivity index (χ2n) is 4.00. The molecule has 0 radical (unpaired) electrons. The van der Waals surface area contributed by atoms with Gasteiger partial charge in [-0.1, -0.05) is 6.92 Å². The zero-order chi connectivity index (χ0) is 12.7. The molecule has 0 aliphatic carbocycles. The van der Waals surface area contributed by atoms with Gasteiger partial charge < -0.3 is 9.47 Å². The summed E-state index contributed by atoms with van der Waals surface area (Å²) in [5.74, 6) is 0.591. The molecule has 1 N–H and O–H groups in total. The van der Waals surface area contributed by atoms with Crippen molar-refractivity contribution in [3.8, 4) is 0 Å². The predicted molar refractivity (Wildman–Crippen MR) is 62.3 cm³/mol. The highest BCUT2D eigenvalue weighted by molar-refractivity contribution is 5.71. The van der Waals surface area contributed by atoms with Crippen LogP contribution in [0.4, 0.5) is 0 Å². The van der Waals surface area contributed by atoms with Crippen LogP contribution in [0.5, 0.6) is 0 Å². The maximum atomic E-state index is 11.5. The molecule has 0 aliphatic rings. The molecule has 1 aromatic heterocycles. The van der Waals surface area contributed by atoms with Gasteiger partial charge in [-0.05, 0) is 13.3 Å². The van der Waals surface area contributed by atoms with Crippen molar-refractivity contribution in [2.75, 3.05) is 13.2 Å². The minimum Gasteiger partial charge on any atom is -0.463 e. The number of H-pyrrole nitrogens is 1.